The molecule has 2 rings (SSSR count). The summed E-state index contributed by atoms with van der Waals surface area (Å²) in [7, 11) is -3.54. The van der Waals surface area contributed by atoms with Crippen molar-refractivity contribution in [1.82, 2.24) is 4.72 Å². The summed E-state index contributed by atoms with van der Waals surface area (Å²) in [6, 6.07) is 4.97. The zero-order valence-electron chi connectivity index (χ0n) is 12.9. The van der Waals surface area contributed by atoms with E-state index in [-0.39, 0.29) is 10.8 Å². The Morgan fingerprint density at radius 1 is 1.33 bits per heavy atom. The van der Waals surface area contributed by atoms with Crippen molar-refractivity contribution in [2.45, 2.75) is 51.0 Å². The minimum Gasteiger partial charge on any atom is -0.312 e. The standard InChI is InChI=1S/C15H22N2O3S/c1-5-14(18)17-9-8-11-10-12(6-7-13(11)17)21(19,20)16-15(2,3)4/h6-7,10,16H,5,8-9H2,1-4H3. The summed E-state index contributed by atoms with van der Waals surface area (Å²) in [6.45, 7) is 7.86. The summed E-state index contributed by atoms with van der Waals surface area (Å²) < 4.78 is 27.3. The average molecular weight is 310 g/mol. The largest absolute Gasteiger partial charge is 0.312 e. The van der Waals surface area contributed by atoms with Crippen molar-refractivity contribution in [2.75, 3.05) is 11.4 Å². The molecule has 1 aliphatic heterocycles. The Bertz CT molecular complexity index is 660. The Balaban J connectivity index is 2.34. The number of benzene rings is 1. The van der Waals surface area contributed by atoms with Gasteiger partial charge in [-0.3, -0.25) is 4.79 Å². The molecule has 0 unspecified atom stereocenters. The van der Waals surface area contributed by atoms with Gasteiger partial charge in [0.15, 0.2) is 0 Å². The molecular weight excluding hydrogens is 288 g/mol. The van der Waals surface area contributed by atoms with E-state index >= 15 is 0 Å². The number of anilines is 1. The van der Waals surface area contributed by atoms with Crippen LogP contribution in [0.5, 0.6) is 0 Å². The van der Waals surface area contributed by atoms with E-state index in [4.69, 9.17) is 0 Å². The number of hydrogen-bond donors (Lipinski definition) is 1. The van der Waals surface area contributed by atoms with Gasteiger partial charge < -0.3 is 4.90 Å². The van der Waals surface area contributed by atoms with Crippen molar-refractivity contribution in [1.29, 1.82) is 0 Å². The lowest BCUT2D eigenvalue weighted by atomic mass is 10.1. The molecule has 0 radical (unpaired) electrons. The van der Waals surface area contributed by atoms with Gasteiger partial charge in [-0.1, -0.05) is 6.92 Å². The van der Waals surface area contributed by atoms with Crippen LogP contribution in [0, 0.1) is 0 Å². The average Bonchev–Trinajstić information content (AvgIpc) is 2.77. The molecule has 1 heterocycles. The summed E-state index contributed by atoms with van der Waals surface area (Å²) in [4.78, 5) is 13.8. The van der Waals surface area contributed by atoms with Crippen LogP contribution in [0.25, 0.3) is 0 Å². The number of nitrogens with one attached hydrogen (secondary N) is 1. The highest BCUT2D eigenvalue weighted by atomic mass is 32.2. The van der Waals surface area contributed by atoms with Crippen molar-refractivity contribution in [3.63, 3.8) is 0 Å². The minimum absolute atomic E-state index is 0.0668. The van der Waals surface area contributed by atoms with Gasteiger partial charge >= 0.3 is 0 Å². The predicted molar refractivity (Wildman–Crippen MR) is 82.9 cm³/mol. The van der Waals surface area contributed by atoms with Gasteiger partial charge in [0.1, 0.15) is 0 Å². The number of fused-ring (bicyclic) bond motifs is 1. The maximum absolute atomic E-state index is 12.3. The summed E-state index contributed by atoms with van der Waals surface area (Å²) in [6.07, 6.45) is 1.14. The van der Waals surface area contributed by atoms with Crippen LogP contribution in [0.1, 0.15) is 39.7 Å². The predicted octanol–water partition coefficient (Wildman–Crippen LogP) is 2.06. The molecule has 5 nitrogen and oxygen atoms in total. The molecule has 0 spiro atoms. The number of carbonyl (C=O) groups excluding carboxylic acids is 1. The summed E-state index contributed by atoms with van der Waals surface area (Å²) in [5.74, 6) is 0.0668. The monoisotopic (exact) mass is 310 g/mol. The van der Waals surface area contributed by atoms with E-state index in [1.807, 2.05) is 6.92 Å². The van der Waals surface area contributed by atoms with E-state index < -0.39 is 15.6 Å². The molecule has 0 aliphatic carbocycles. The molecule has 0 fully saturated rings. The molecule has 116 valence electrons. The van der Waals surface area contributed by atoms with Crippen LogP contribution in [0.3, 0.4) is 0 Å². The maximum atomic E-state index is 12.3. The van der Waals surface area contributed by atoms with Crippen LogP contribution in [0.15, 0.2) is 23.1 Å². The fourth-order valence-electron chi connectivity index (χ4n) is 2.46. The van der Waals surface area contributed by atoms with Gasteiger partial charge in [0.2, 0.25) is 15.9 Å². The first kappa shape index (κ1) is 16.0. The van der Waals surface area contributed by atoms with Gasteiger partial charge in [0.25, 0.3) is 0 Å². The second-order valence-electron chi connectivity index (χ2n) is 6.29. The molecular formula is C15H22N2O3S. The van der Waals surface area contributed by atoms with Crippen molar-refractivity contribution in [3.05, 3.63) is 23.8 Å². The SMILES string of the molecule is CCC(=O)N1CCc2cc(S(=O)(=O)NC(C)(C)C)ccc21. The lowest BCUT2D eigenvalue weighted by molar-refractivity contribution is -0.118. The van der Waals surface area contributed by atoms with E-state index in [0.717, 1.165) is 11.3 Å². The lowest BCUT2D eigenvalue weighted by Crippen LogP contribution is -2.40. The third-order valence-corrected chi connectivity index (χ3v) is 5.06. The van der Waals surface area contributed by atoms with E-state index in [0.29, 0.717) is 19.4 Å². The van der Waals surface area contributed by atoms with Gasteiger partial charge in [0.05, 0.1) is 4.90 Å². The number of carbonyl (C=O) groups is 1. The van der Waals surface area contributed by atoms with Crippen molar-refractivity contribution < 1.29 is 13.2 Å². The number of hydrogen-bond acceptors (Lipinski definition) is 3. The Hall–Kier alpha value is -1.40. The third kappa shape index (κ3) is 3.44. The van der Waals surface area contributed by atoms with Gasteiger partial charge in [-0.05, 0) is 51.0 Å². The van der Waals surface area contributed by atoms with Crippen LogP contribution in [0.4, 0.5) is 5.69 Å². The summed E-state index contributed by atoms with van der Waals surface area (Å²) >= 11 is 0. The molecule has 1 aromatic rings. The van der Waals surface area contributed by atoms with E-state index in [1.54, 1.807) is 43.9 Å². The molecule has 0 bridgehead atoms. The number of sulfonamides is 1. The quantitative estimate of drug-likeness (QED) is 0.929. The van der Waals surface area contributed by atoms with E-state index in [2.05, 4.69) is 4.72 Å². The van der Waals surface area contributed by atoms with Crippen molar-refractivity contribution >= 4 is 21.6 Å². The Morgan fingerprint density at radius 3 is 2.57 bits per heavy atom. The second kappa shape index (κ2) is 5.42. The molecule has 21 heavy (non-hydrogen) atoms. The molecule has 0 atom stereocenters. The van der Waals surface area contributed by atoms with E-state index in [9.17, 15) is 13.2 Å². The highest BCUT2D eigenvalue weighted by molar-refractivity contribution is 7.89. The van der Waals surface area contributed by atoms with Crippen LogP contribution < -0.4 is 9.62 Å². The normalized spacial score (nSPS) is 15.1. The molecule has 0 saturated carbocycles. The topological polar surface area (TPSA) is 66.5 Å². The summed E-state index contributed by atoms with van der Waals surface area (Å²) in [5, 5.41) is 0. The first-order valence-corrected chi connectivity index (χ1v) is 8.59. The van der Waals surface area contributed by atoms with E-state index in [1.165, 1.54) is 0 Å². The second-order valence-corrected chi connectivity index (χ2v) is 7.98. The maximum Gasteiger partial charge on any atom is 0.241 e. The summed E-state index contributed by atoms with van der Waals surface area (Å²) in [5.41, 5.74) is 1.22. The Kier molecular flexibility index (Phi) is 4.13. The fraction of sp³-hybridized carbons (Fsp3) is 0.533. The molecule has 0 saturated heterocycles. The van der Waals surface area contributed by atoms with Crippen molar-refractivity contribution in [3.8, 4) is 0 Å². The molecule has 1 N–H and O–H groups in total. The van der Waals surface area contributed by atoms with Gasteiger partial charge in [-0.2, -0.15) is 0 Å². The van der Waals surface area contributed by atoms with Crippen LogP contribution >= 0.6 is 0 Å². The molecule has 1 aliphatic rings. The zero-order chi connectivity index (χ0) is 15.8. The molecule has 1 aromatic carbocycles. The lowest BCUT2D eigenvalue weighted by Gasteiger charge is -2.21. The molecule has 0 aromatic heterocycles. The van der Waals surface area contributed by atoms with Gasteiger partial charge in [-0.15, -0.1) is 0 Å². The van der Waals surface area contributed by atoms with Crippen LogP contribution in [-0.4, -0.2) is 26.4 Å². The fourth-order valence-corrected chi connectivity index (χ4v) is 3.93. The number of amides is 1. The number of rotatable bonds is 3. The highest BCUT2D eigenvalue weighted by Gasteiger charge is 2.27. The third-order valence-electron chi connectivity index (χ3n) is 3.30. The first-order chi connectivity index (χ1) is 9.64. The molecule has 1 amide bonds. The van der Waals surface area contributed by atoms with Crippen molar-refractivity contribution in [2.24, 2.45) is 0 Å². The number of nitrogens with zero attached hydrogens (tertiary/aromatic N) is 1. The minimum atomic E-state index is -3.54. The highest BCUT2D eigenvalue weighted by Crippen LogP contribution is 2.30. The smallest absolute Gasteiger partial charge is 0.241 e. The van der Waals surface area contributed by atoms with Crippen LogP contribution in [-0.2, 0) is 21.2 Å². The van der Waals surface area contributed by atoms with Gasteiger partial charge in [-0.25, -0.2) is 13.1 Å². The van der Waals surface area contributed by atoms with Gasteiger partial charge in [0, 0.05) is 24.2 Å². The van der Waals surface area contributed by atoms with Crippen LogP contribution in [0.2, 0.25) is 0 Å². The first-order valence-electron chi connectivity index (χ1n) is 7.11. The molecule has 6 heteroatoms. The zero-order valence-corrected chi connectivity index (χ0v) is 13.8. The Morgan fingerprint density at radius 2 is 2.00 bits per heavy atom. The Labute approximate surface area is 126 Å².